The molecule has 0 amide bonds. The largest absolute Gasteiger partial charge is 0.481 e. The molecule has 0 aromatic carbocycles. The molecule has 3 heteroatoms. The minimum Gasteiger partial charge on any atom is -0.481 e. The maximum absolute atomic E-state index is 9.74. The maximum Gasteiger partial charge on any atom is 0.303 e. The van der Waals surface area contributed by atoms with E-state index in [9.17, 15) is 4.79 Å². The van der Waals surface area contributed by atoms with E-state index >= 15 is 0 Å². The van der Waals surface area contributed by atoms with Crippen LogP contribution in [0.25, 0.3) is 0 Å². The molecule has 0 bridgehead atoms. The minimum atomic E-state index is -0.724. The lowest BCUT2D eigenvalue weighted by Crippen LogP contribution is -1.92. The Bertz CT molecular complexity index is 62.7. The van der Waals surface area contributed by atoms with Gasteiger partial charge >= 0.3 is 5.97 Å². The first-order valence-corrected chi connectivity index (χ1v) is 2.84. The van der Waals surface area contributed by atoms with Crippen LogP contribution in [0.1, 0.15) is 12.8 Å². The Balaban J connectivity index is 2.82. The van der Waals surface area contributed by atoms with Gasteiger partial charge in [0.05, 0.1) is 0 Å². The molecule has 0 saturated carbocycles. The van der Waals surface area contributed by atoms with Gasteiger partial charge in [0.2, 0.25) is 0 Å². The second-order valence-electron chi connectivity index (χ2n) is 1.25. The van der Waals surface area contributed by atoms with Crippen LogP contribution in [-0.4, -0.2) is 21.3 Å². The Morgan fingerprint density at radius 1 is 1.71 bits per heavy atom. The molecule has 0 fully saturated rings. The summed E-state index contributed by atoms with van der Waals surface area (Å²) in [5.41, 5.74) is 0. The number of hydrogen-bond donors (Lipinski definition) is 1. The van der Waals surface area contributed by atoms with Crippen molar-refractivity contribution >= 4 is 16.2 Å². The van der Waals surface area contributed by atoms with Crippen LogP contribution in [-0.2, 0) is 4.79 Å². The molecule has 0 aliphatic rings. The fourth-order valence-electron chi connectivity index (χ4n) is 0.240. The quantitative estimate of drug-likeness (QED) is 0.542. The van der Waals surface area contributed by atoms with Crippen molar-refractivity contribution in [3.63, 3.8) is 0 Å². The SMILES string of the molecule is O=C(O)CCC[Si]. The van der Waals surface area contributed by atoms with Gasteiger partial charge in [-0.15, -0.1) is 0 Å². The smallest absolute Gasteiger partial charge is 0.303 e. The summed E-state index contributed by atoms with van der Waals surface area (Å²) in [7, 11) is 3.16. The predicted molar refractivity (Wildman–Crippen MR) is 27.4 cm³/mol. The van der Waals surface area contributed by atoms with Crippen LogP contribution >= 0.6 is 0 Å². The normalized spacial score (nSPS) is 8.71. The van der Waals surface area contributed by atoms with Crippen LogP contribution < -0.4 is 0 Å². The summed E-state index contributed by atoms with van der Waals surface area (Å²) in [6.07, 6.45) is 0.982. The molecule has 0 aliphatic heterocycles. The summed E-state index contributed by atoms with van der Waals surface area (Å²) in [6.45, 7) is 0. The van der Waals surface area contributed by atoms with E-state index in [4.69, 9.17) is 5.11 Å². The first-order valence-electron chi connectivity index (χ1n) is 2.13. The molecule has 0 aromatic heterocycles. The molecule has 0 spiro atoms. The number of rotatable bonds is 3. The van der Waals surface area contributed by atoms with E-state index < -0.39 is 5.97 Å². The van der Waals surface area contributed by atoms with Gasteiger partial charge in [-0.25, -0.2) is 0 Å². The molecule has 0 atom stereocenters. The topological polar surface area (TPSA) is 37.3 Å². The molecule has 0 heterocycles. The Morgan fingerprint density at radius 2 is 2.29 bits per heavy atom. The second kappa shape index (κ2) is 3.86. The Morgan fingerprint density at radius 3 is 2.43 bits per heavy atom. The Hall–Kier alpha value is -0.313. The first-order chi connectivity index (χ1) is 3.27. The summed E-state index contributed by atoms with van der Waals surface area (Å²) in [5, 5.41) is 8.02. The molecule has 2 nitrogen and oxygen atoms in total. The minimum absolute atomic E-state index is 0.267. The summed E-state index contributed by atoms with van der Waals surface area (Å²) in [6, 6.07) is 0.770. The molecular weight excluding hydrogens is 108 g/mol. The highest BCUT2D eigenvalue weighted by Gasteiger charge is 1.90. The monoisotopic (exact) mass is 115 g/mol. The van der Waals surface area contributed by atoms with E-state index in [0.29, 0.717) is 6.42 Å². The van der Waals surface area contributed by atoms with Gasteiger partial charge in [-0.05, 0) is 6.42 Å². The summed E-state index contributed by atoms with van der Waals surface area (Å²) >= 11 is 0. The lowest BCUT2D eigenvalue weighted by Gasteiger charge is -1.85. The second-order valence-corrected chi connectivity index (χ2v) is 1.75. The van der Waals surface area contributed by atoms with Gasteiger partial charge in [0.15, 0.2) is 0 Å². The third-order valence-electron chi connectivity index (χ3n) is 0.567. The van der Waals surface area contributed by atoms with Crippen molar-refractivity contribution in [2.24, 2.45) is 0 Å². The highest BCUT2D eigenvalue weighted by molar-refractivity contribution is 6.08. The predicted octanol–water partition coefficient (Wildman–Crippen LogP) is 0.438. The van der Waals surface area contributed by atoms with E-state index in [1.807, 2.05) is 0 Å². The number of aliphatic carboxylic acids is 1. The molecule has 0 aliphatic carbocycles. The van der Waals surface area contributed by atoms with Crippen molar-refractivity contribution in [1.82, 2.24) is 0 Å². The number of carboxylic acids is 1. The van der Waals surface area contributed by atoms with Gasteiger partial charge in [-0.1, -0.05) is 6.04 Å². The third kappa shape index (κ3) is 5.69. The number of hydrogen-bond acceptors (Lipinski definition) is 1. The highest BCUT2D eigenvalue weighted by atomic mass is 28.1. The molecule has 0 saturated heterocycles. The standard InChI is InChI=1S/C4H7O2Si/c5-4(6)2-1-3-7/h1-3H2,(H,5,6). The van der Waals surface area contributed by atoms with Gasteiger partial charge in [0.1, 0.15) is 0 Å². The average Bonchev–Trinajstić information content (AvgIpc) is 1.61. The molecule has 7 heavy (non-hydrogen) atoms. The van der Waals surface area contributed by atoms with E-state index in [-0.39, 0.29) is 6.42 Å². The number of carboxylic acid groups (broad SMARTS) is 1. The van der Waals surface area contributed by atoms with Gasteiger partial charge < -0.3 is 5.11 Å². The molecule has 3 radical (unpaired) electrons. The van der Waals surface area contributed by atoms with Gasteiger partial charge in [0.25, 0.3) is 0 Å². The van der Waals surface area contributed by atoms with Gasteiger partial charge in [0, 0.05) is 16.7 Å². The van der Waals surface area contributed by atoms with Crippen molar-refractivity contribution in [2.75, 3.05) is 0 Å². The summed E-state index contributed by atoms with van der Waals surface area (Å²) in [5.74, 6) is -0.724. The van der Waals surface area contributed by atoms with Crippen LogP contribution in [0.4, 0.5) is 0 Å². The van der Waals surface area contributed by atoms with Crippen LogP contribution in [0.2, 0.25) is 6.04 Å². The lowest BCUT2D eigenvalue weighted by molar-refractivity contribution is -0.137. The molecule has 0 rings (SSSR count). The van der Waals surface area contributed by atoms with Crippen molar-refractivity contribution in [3.8, 4) is 0 Å². The molecule has 0 aromatic rings. The Labute approximate surface area is 46.0 Å². The van der Waals surface area contributed by atoms with Crippen LogP contribution in [0.3, 0.4) is 0 Å². The van der Waals surface area contributed by atoms with Crippen LogP contribution in [0.5, 0.6) is 0 Å². The third-order valence-corrected chi connectivity index (χ3v) is 0.921. The van der Waals surface area contributed by atoms with Gasteiger partial charge in [-0.2, -0.15) is 0 Å². The molecule has 39 valence electrons. The molecule has 1 N–H and O–H groups in total. The fourth-order valence-corrected chi connectivity index (χ4v) is 0.416. The van der Waals surface area contributed by atoms with E-state index in [0.717, 1.165) is 6.04 Å². The summed E-state index contributed by atoms with van der Waals surface area (Å²) < 4.78 is 0. The lowest BCUT2D eigenvalue weighted by atomic mass is 10.3. The van der Waals surface area contributed by atoms with Crippen LogP contribution in [0.15, 0.2) is 0 Å². The maximum atomic E-state index is 9.74. The first kappa shape index (κ1) is 6.69. The van der Waals surface area contributed by atoms with E-state index in [1.165, 1.54) is 0 Å². The Kier molecular flexibility index (Phi) is 3.69. The highest BCUT2D eigenvalue weighted by Crippen LogP contribution is 1.89. The van der Waals surface area contributed by atoms with Crippen molar-refractivity contribution in [2.45, 2.75) is 18.9 Å². The average molecular weight is 115 g/mol. The van der Waals surface area contributed by atoms with E-state index in [1.54, 1.807) is 0 Å². The summed E-state index contributed by atoms with van der Waals surface area (Å²) in [4.78, 5) is 9.74. The molecular formula is C4H7O2Si. The number of carbonyl (C=O) groups is 1. The van der Waals surface area contributed by atoms with Crippen LogP contribution in [0, 0.1) is 0 Å². The van der Waals surface area contributed by atoms with Gasteiger partial charge in [-0.3, -0.25) is 4.79 Å². The zero-order valence-corrected chi connectivity index (χ0v) is 4.98. The van der Waals surface area contributed by atoms with Crippen molar-refractivity contribution in [1.29, 1.82) is 0 Å². The van der Waals surface area contributed by atoms with Crippen molar-refractivity contribution < 1.29 is 9.90 Å². The molecule has 0 unspecified atom stereocenters. The zero-order chi connectivity index (χ0) is 5.70. The van der Waals surface area contributed by atoms with E-state index in [2.05, 4.69) is 10.2 Å². The fraction of sp³-hybridized carbons (Fsp3) is 0.750. The zero-order valence-electron chi connectivity index (χ0n) is 3.98. The van der Waals surface area contributed by atoms with Crippen molar-refractivity contribution in [3.05, 3.63) is 0 Å².